The number of aromatic nitrogens is 2. The Morgan fingerprint density at radius 1 is 1.00 bits per heavy atom. The van der Waals surface area contributed by atoms with E-state index in [2.05, 4.69) is 78.0 Å². The molecule has 0 amide bonds. The fraction of sp³-hybridized carbons (Fsp3) is 0.385. The first kappa shape index (κ1) is 20.3. The van der Waals surface area contributed by atoms with Gasteiger partial charge in [-0.2, -0.15) is 0 Å². The fourth-order valence-corrected chi connectivity index (χ4v) is 5.83. The summed E-state index contributed by atoms with van der Waals surface area (Å²) >= 11 is 5.88. The normalized spacial score (nSPS) is 21.6. The molecule has 1 N–H and O–H groups in total. The topological polar surface area (TPSA) is 33.1 Å². The molecule has 160 valence electrons. The predicted octanol–water partition coefficient (Wildman–Crippen LogP) is 6.10. The van der Waals surface area contributed by atoms with Gasteiger partial charge in [-0.05, 0) is 81.7 Å². The molecule has 2 atom stereocenters. The van der Waals surface area contributed by atoms with Gasteiger partial charge in [-0.25, -0.2) is 0 Å². The summed E-state index contributed by atoms with van der Waals surface area (Å²) in [6.45, 7) is 6.65. The second kappa shape index (κ2) is 8.12. The minimum absolute atomic E-state index is 0.00697. The fourth-order valence-electron chi connectivity index (χ4n) is 5.48. The molecular formula is C26H30N4S. The molecule has 0 bridgehead atoms. The van der Waals surface area contributed by atoms with E-state index >= 15 is 0 Å². The van der Waals surface area contributed by atoms with Gasteiger partial charge < -0.3 is 14.8 Å². The highest BCUT2D eigenvalue weighted by atomic mass is 32.1. The number of hydrogen-bond donors (Lipinski definition) is 1. The maximum absolute atomic E-state index is 5.88. The van der Waals surface area contributed by atoms with Crippen LogP contribution in [0.25, 0.3) is 0 Å². The van der Waals surface area contributed by atoms with Gasteiger partial charge in [-0.1, -0.05) is 36.6 Å². The molecule has 2 aliphatic rings. The highest BCUT2D eigenvalue weighted by molar-refractivity contribution is 7.80. The van der Waals surface area contributed by atoms with Crippen molar-refractivity contribution >= 4 is 23.0 Å². The summed E-state index contributed by atoms with van der Waals surface area (Å²) in [7, 11) is 0. The van der Waals surface area contributed by atoms with E-state index in [0.717, 1.165) is 16.5 Å². The monoisotopic (exact) mass is 430 g/mol. The number of benzene rings is 1. The first-order chi connectivity index (χ1) is 15.0. The van der Waals surface area contributed by atoms with Crippen LogP contribution in [0.5, 0.6) is 0 Å². The molecular weight excluding hydrogens is 400 g/mol. The van der Waals surface area contributed by atoms with Crippen molar-refractivity contribution in [2.45, 2.75) is 64.6 Å². The molecule has 2 unspecified atom stereocenters. The van der Waals surface area contributed by atoms with Crippen molar-refractivity contribution < 1.29 is 0 Å². The van der Waals surface area contributed by atoms with E-state index in [4.69, 9.17) is 17.2 Å². The molecule has 3 aromatic rings. The summed E-state index contributed by atoms with van der Waals surface area (Å²) in [5.74, 6) is 0. The minimum Gasteiger partial charge on any atom is -0.351 e. The van der Waals surface area contributed by atoms with Crippen LogP contribution in [-0.4, -0.2) is 14.7 Å². The zero-order valence-electron chi connectivity index (χ0n) is 18.5. The Hall–Kier alpha value is -2.66. The van der Waals surface area contributed by atoms with Crippen molar-refractivity contribution in [3.8, 4) is 0 Å². The standard InChI is InChI=1S/C26H30N4S/c1-17-11-13-21(14-12-17)30-25(24(28-26(30)31)23-10-6-7-15-27-23)22-16-18(2)29(19(22)3)20-8-4-5-9-20/h6-7,10-16,20,24-25H,4-5,8-9H2,1-3H3,(H,28,31). The van der Waals surface area contributed by atoms with Crippen molar-refractivity contribution in [3.63, 3.8) is 0 Å². The van der Waals surface area contributed by atoms with Crippen LogP contribution in [0.3, 0.4) is 0 Å². The number of anilines is 1. The Kier molecular flexibility index (Phi) is 5.30. The van der Waals surface area contributed by atoms with Gasteiger partial charge in [0.1, 0.15) is 0 Å². The molecule has 4 nitrogen and oxygen atoms in total. The Morgan fingerprint density at radius 3 is 2.42 bits per heavy atom. The summed E-state index contributed by atoms with van der Waals surface area (Å²) in [4.78, 5) is 6.98. The van der Waals surface area contributed by atoms with Crippen LogP contribution < -0.4 is 10.2 Å². The minimum atomic E-state index is 0.00697. The number of hydrogen-bond acceptors (Lipinski definition) is 2. The lowest BCUT2D eigenvalue weighted by molar-refractivity contribution is 0.494. The van der Waals surface area contributed by atoms with Crippen molar-refractivity contribution in [2.24, 2.45) is 0 Å². The van der Waals surface area contributed by atoms with E-state index in [9.17, 15) is 0 Å². The zero-order valence-corrected chi connectivity index (χ0v) is 19.3. The molecule has 3 heterocycles. The number of rotatable bonds is 4. The van der Waals surface area contributed by atoms with E-state index in [-0.39, 0.29) is 12.1 Å². The van der Waals surface area contributed by atoms with E-state index in [1.54, 1.807) is 0 Å². The Labute approximate surface area is 190 Å². The van der Waals surface area contributed by atoms with Crippen molar-refractivity contribution in [1.82, 2.24) is 14.9 Å². The Bertz CT molecular complexity index is 1080. The SMILES string of the molecule is Cc1ccc(N2C(=S)NC(c3ccccn3)C2c2cc(C)n(C3CCCC3)c2C)cc1. The number of nitrogens with one attached hydrogen (secondary N) is 1. The van der Waals surface area contributed by atoms with E-state index < -0.39 is 0 Å². The first-order valence-corrected chi connectivity index (χ1v) is 11.7. The molecule has 1 saturated carbocycles. The maximum atomic E-state index is 5.88. The van der Waals surface area contributed by atoms with Gasteiger partial charge in [0.25, 0.3) is 0 Å². The van der Waals surface area contributed by atoms with Gasteiger partial charge in [0.15, 0.2) is 5.11 Å². The quantitative estimate of drug-likeness (QED) is 0.507. The molecule has 0 radical (unpaired) electrons. The largest absolute Gasteiger partial charge is 0.351 e. The lowest BCUT2D eigenvalue weighted by Crippen LogP contribution is -2.29. The lowest BCUT2D eigenvalue weighted by Gasteiger charge is -2.28. The van der Waals surface area contributed by atoms with Gasteiger partial charge in [-0.15, -0.1) is 0 Å². The summed E-state index contributed by atoms with van der Waals surface area (Å²) in [5.41, 5.74) is 7.44. The van der Waals surface area contributed by atoms with Gasteiger partial charge >= 0.3 is 0 Å². The smallest absolute Gasteiger partial charge is 0.174 e. The van der Waals surface area contributed by atoms with Crippen molar-refractivity contribution in [1.29, 1.82) is 0 Å². The van der Waals surface area contributed by atoms with Crippen LogP contribution in [0.1, 0.15) is 72.0 Å². The second-order valence-electron chi connectivity index (χ2n) is 8.97. The molecule has 31 heavy (non-hydrogen) atoms. The summed E-state index contributed by atoms with van der Waals surface area (Å²) < 4.78 is 2.58. The number of pyridine rings is 1. The molecule has 1 saturated heterocycles. The summed E-state index contributed by atoms with van der Waals surface area (Å²) in [6, 6.07) is 17.9. The molecule has 2 aromatic heterocycles. The van der Waals surface area contributed by atoms with Crippen LogP contribution in [0.2, 0.25) is 0 Å². The Balaban J connectivity index is 1.64. The van der Waals surface area contributed by atoms with Crippen molar-refractivity contribution in [3.05, 3.63) is 82.9 Å². The van der Waals surface area contributed by atoms with E-state index in [0.29, 0.717) is 6.04 Å². The molecule has 5 rings (SSSR count). The van der Waals surface area contributed by atoms with E-state index in [1.807, 2.05) is 12.3 Å². The van der Waals surface area contributed by atoms with Crippen LogP contribution in [-0.2, 0) is 0 Å². The number of nitrogens with zero attached hydrogens (tertiary/aromatic N) is 3. The lowest BCUT2D eigenvalue weighted by atomic mass is 9.96. The molecule has 1 aromatic carbocycles. The van der Waals surface area contributed by atoms with Crippen LogP contribution in [0.15, 0.2) is 54.7 Å². The first-order valence-electron chi connectivity index (χ1n) is 11.3. The molecule has 1 aliphatic carbocycles. The Morgan fingerprint density at radius 2 is 1.74 bits per heavy atom. The molecule has 5 heteroatoms. The number of aryl methyl sites for hydroxylation is 2. The summed E-state index contributed by atoms with van der Waals surface area (Å²) in [6.07, 6.45) is 7.09. The number of thiocarbonyl (C=S) groups is 1. The third-order valence-electron chi connectivity index (χ3n) is 6.94. The van der Waals surface area contributed by atoms with Crippen LogP contribution in [0, 0.1) is 20.8 Å². The average Bonchev–Trinajstić information content (AvgIpc) is 3.47. The van der Waals surface area contributed by atoms with E-state index in [1.165, 1.54) is 48.2 Å². The van der Waals surface area contributed by atoms with Gasteiger partial charge in [0.05, 0.1) is 17.8 Å². The van der Waals surface area contributed by atoms with Crippen LogP contribution in [0.4, 0.5) is 5.69 Å². The van der Waals surface area contributed by atoms with Crippen LogP contribution >= 0.6 is 12.2 Å². The molecule has 0 spiro atoms. The second-order valence-corrected chi connectivity index (χ2v) is 9.35. The van der Waals surface area contributed by atoms with Gasteiger partial charge in [0, 0.05) is 29.3 Å². The summed E-state index contributed by atoms with van der Waals surface area (Å²) in [5, 5.41) is 4.35. The third kappa shape index (κ3) is 3.55. The third-order valence-corrected chi connectivity index (χ3v) is 7.26. The van der Waals surface area contributed by atoms with Gasteiger partial charge in [0.2, 0.25) is 0 Å². The highest BCUT2D eigenvalue weighted by Crippen LogP contribution is 2.44. The predicted molar refractivity (Wildman–Crippen MR) is 131 cm³/mol. The van der Waals surface area contributed by atoms with Gasteiger partial charge in [-0.3, -0.25) is 4.98 Å². The van der Waals surface area contributed by atoms with Crippen molar-refractivity contribution in [2.75, 3.05) is 4.90 Å². The average molecular weight is 431 g/mol. The maximum Gasteiger partial charge on any atom is 0.174 e. The molecule has 1 aliphatic heterocycles. The highest BCUT2D eigenvalue weighted by Gasteiger charge is 2.42. The molecule has 2 fully saturated rings. The zero-order chi connectivity index (χ0) is 21.5.